The number of hydrogen-bond acceptors (Lipinski definition) is 4. The molecule has 0 bridgehead atoms. The minimum absolute atomic E-state index is 0.0824. The van der Waals surface area contributed by atoms with Crippen molar-refractivity contribution < 1.29 is 13.6 Å². The van der Waals surface area contributed by atoms with Crippen molar-refractivity contribution in [3.8, 4) is 22.8 Å². The summed E-state index contributed by atoms with van der Waals surface area (Å²) in [6, 6.07) is 18.6. The van der Waals surface area contributed by atoms with Gasteiger partial charge in [-0.2, -0.15) is 0 Å². The van der Waals surface area contributed by atoms with E-state index in [0.717, 1.165) is 0 Å². The highest BCUT2D eigenvalue weighted by Gasteiger charge is 2.17. The van der Waals surface area contributed by atoms with E-state index in [2.05, 4.69) is 10.3 Å². The summed E-state index contributed by atoms with van der Waals surface area (Å²) < 4.78 is 11.5. The second-order valence-corrected chi connectivity index (χ2v) is 8.67. The van der Waals surface area contributed by atoms with Gasteiger partial charge in [0.1, 0.15) is 11.3 Å². The summed E-state index contributed by atoms with van der Waals surface area (Å²) in [5, 5.41) is 4.39. The number of fused-ring (bicyclic) bond motifs is 1. The fraction of sp³-hybridized carbons (Fsp3) is 0. The Balaban J connectivity index is 1.42. The Morgan fingerprint density at radius 3 is 2.55 bits per heavy atom. The van der Waals surface area contributed by atoms with Crippen LogP contribution >= 0.6 is 46.4 Å². The van der Waals surface area contributed by atoms with Crippen LogP contribution in [0.1, 0.15) is 10.6 Å². The fourth-order valence-electron chi connectivity index (χ4n) is 3.26. The minimum Gasteiger partial charge on any atom is -0.451 e. The largest absolute Gasteiger partial charge is 0.451 e. The summed E-state index contributed by atoms with van der Waals surface area (Å²) >= 11 is 24.6. The molecule has 0 aliphatic carbocycles. The van der Waals surface area contributed by atoms with Crippen molar-refractivity contribution >= 4 is 69.1 Å². The number of rotatable bonds is 4. The van der Waals surface area contributed by atoms with Crippen molar-refractivity contribution in [1.82, 2.24) is 4.98 Å². The quantitative estimate of drug-likeness (QED) is 0.259. The highest BCUT2D eigenvalue weighted by Crippen LogP contribution is 2.35. The zero-order valence-corrected chi connectivity index (χ0v) is 19.6. The summed E-state index contributed by atoms with van der Waals surface area (Å²) in [6.07, 6.45) is 0. The number of halogens is 4. The van der Waals surface area contributed by atoms with Gasteiger partial charge in [-0.3, -0.25) is 4.79 Å². The average Bonchev–Trinajstić information content (AvgIpc) is 3.44. The third-order valence-corrected chi connectivity index (χ3v) is 6.24. The smallest absolute Gasteiger partial charge is 0.291 e. The zero-order chi connectivity index (χ0) is 23.1. The van der Waals surface area contributed by atoms with Gasteiger partial charge < -0.3 is 14.2 Å². The number of furan rings is 1. The molecule has 0 aliphatic heterocycles. The molecule has 1 N–H and O–H groups in total. The summed E-state index contributed by atoms with van der Waals surface area (Å²) in [7, 11) is 0. The van der Waals surface area contributed by atoms with Crippen LogP contribution in [0.2, 0.25) is 20.1 Å². The third-order valence-electron chi connectivity index (χ3n) is 4.86. The van der Waals surface area contributed by atoms with Crippen molar-refractivity contribution in [3.05, 3.63) is 92.6 Å². The molecule has 0 spiro atoms. The third kappa shape index (κ3) is 4.33. The van der Waals surface area contributed by atoms with Crippen LogP contribution in [0.5, 0.6) is 0 Å². The van der Waals surface area contributed by atoms with Crippen molar-refractivity contribution in [3.63, 3.8) is 0 Å². The normalized spacial score (nSPS) is 11.2. The topological polar surface area (TPSA) is 68.3 Å². The van der Waals surface area contributed by atoms with Crippen molar-refractivity contribution in [1.29, 1.82) is 0 Å². The number of carbonyl (C=O) groups excluding carboxylic acids is 1. The Kier molecular flexibility index (Phi) is 5.81. The van der Waals surface area contributed by atoms with Crippen LogP contribution in [-0.4, -0.2) is 10.9 Å². The van der Waals surface area contributed by atoms with Gasteiger partial charge >= 0.3 is 0 Å². The maximum absolute atomic E-state index is 12.8. The van der Waals surface area contributed by atoms with Gasteiger partial charge in [-0.1, -0.05) is 52.5 Å². The molecule has 0 aliphatic rings. The summed E-state index contributed by atoms with van der Waals surface area (Å²) in [6.45, 7) is 0. The highest BCUT2D eigenvalue weighted by atomic mass is 35.5. The highest BCUT2D eigenvalue weighted by molar-refractivity contribution is 6.43. The van der Waals surface area contributed by atoms with E-state index >= 15 is 0 Å². The summed E-state index contributed by atoms with van der Waals surface area (Å²) in [4.78, 5) is 17.3. The van der Waals surface area contributed by atoms with E-state index in [1.807, 2.05) is 0 Å². The van der Waals surface area contributed by atoms with Crippen LogP contribution in [0.3, 0.4) is 0 Å². The van der Waals surface area contributed by atoms with E-state index in [1.165, 1.54) is 0 Å². The van der Waals surface area contributed by atoms with Crippen LogP contribution in [-0.2, 0) is 0 Å². The molecule has 5 nitrogen and oxygen atoms in total. The molecule has 33 heavy (non-hydrogen) atoms. The first kappa shape index (κ1) is 21.9. The molecule has 9 heteroatoms. The number of nitrogens with one attached hydrogen (secondary N) is 1. The first-order valence-electron chi connectivity index (χ1n) is 9.60. The molecular formula is C24H12Cl4N2O3. The predicted octanol–water partition coefficient (Wildman–Crippen LogP) is 8.62. The number of oxazole rings is 1. The SMILES string of the molecule is O=C(Nc1cc(-c2nc3cc(Cl)ccc3o2)ccc1Cl)c1ccc(-c2cccc(Cl)c2Cl)o1. The van der Waals surface area contributed by atoms with Crippen molar-refractivity contribution in [2.24, 2.45) is 0 Å². The lowest BCUT2D eigenvalue weighted by atomic mass is 10.2. The van der Waals surface area contributed by atoms with E-state index < -0.39 is 5.91 Å². The summed E-state index contributed by atoms with van der Waals surface area (Å²) in [5.74, 6) is 0.384. The molecule has 5 aromatic rings. The molecule has 3 aromatic carbocycles. The van der Waals surface area contributed by atoms with Crippen LogP contribution < -0.4 is 5.32 Å². The first-order valence-corrected chi connectivity index (χ1v) is 11.1. The number of aromatic nitrogens is 1. The molecule has 0 radical (unpaired) electrons. The van der Waals surface area contributed by atoms with E-state index in [0.29, 0.717) is 59.7 Å². The molecular weight excluding hydrogens is 506 g/mol. The standard InChI is InChI=1S/C24H12Cl4N2O3/c25-13-5-7-20-18(11-13)30-24(33-20)12-4-6-15(26)17(10-12)29-23(31)21-9-8-19(32-21)14-2-1-3-16(27)22(14)28/h1-11H,(H,29,31). The van der Waals surface area contributed by atoms with E-state index in [1.54, 1.807) is 66.7 Å². The van der Waals surface area contributed by atoms with Gasteiger partial charge in [-0.15, -0.1) is 0 Å². The lowest BCUT2D eigenvalue weighted by Crippen LogP contribution is -2.11. The molecule has 2 aromatic heterocycles. The number of hydrogen-bond donors (Lipinski definition) is 1. The van der Waals surface area contributed by atoms with E-state index in [9.17, 15) is 4.79 Å². The van der Waals surface area contributed by atoms with Gasteiger partial charge in [0.15, 0.2) is 11.3 Å². The molecule has 1 amide bonds. The molecule has 0 fully saturated rings. The Morgan fingerprint density at radius 1 is 0.848 bits per heavy atom. The van der Waals surface area contributed by atoms with Crippen LogP contribution in [0.4, 0.5) is 5.69 Å². The Morgan fingerprint density at radius 2 is 1.70 bits per heavy atom. The van der Waals surface area contributed by atoms with Gasteiger partial charge in [0, 0.05) is 16.1 Å². The molecule has 164 valence electrons. The molecule has 0 atom stereocenters. The molecule has 5 rings (SSSR count). The maximum Gasteiger partial charge on any atom is 0.291 e. The fourth-order valence-corrected chi connectivity index (χ4v) is 3.99. The number of anilines is 1. The Labute approximate surface area is 207 Å². The molecule has 0 saturated heterocycles. The van der Waals surface area contributed by atoms with Gasteiger partial charge in [0.2, 0.25) is 5.89 Å². The second kappa shape index (κ2) is 8.76. The van der Waals surface area contributed by atoms with Gasteiger partial charge in [0.25, 0.3) is 5.91 Å². The van der Waals surface area contributed by atoms with Gasteiger partial charge in [-0.05, 0) is 60.7 Å². The average molecular weight is 518 g/mol. The lowest BCUT2D eigenvalue weighted by Gasteiger charge is -2.07. The van der Waals surface area contributed by atoms with Gasteiger partial charge in [0.05, 0.1) is 20.8 Å². The van der Waals surface area contributed by atoms with Crippen LogP contribution in [0.15, 0.2) is 75.6 Å². The van der Waals surface area contributed by atoms with Crippen LogP contribution in [0, 0.1) is 0 Å². The minimum atomic E-state index is -0.484. The second-order valence-electron chi connectivity index (χ2n) is 7.05. The Bertz CT molecular complexity index is 1520. The first-order chi connectivity index (χ1) is 15.9. The van der Waals surface area contributed by atoms with E-state index in [-0.39, 0.29) is 5.76 Å². The number of nitrogens with zero attached hydrogens (tertiary/aromatic N) is 1. The lowest BCUT2D eigenvalue weighted by molar-refractivity contribution is 0.0997. The zero-order valence-electron chi connectivity index (χ0n) is 16.5. The maximum atomic E-state index is 12.8. The molecule has 0 unspecified atom stereocenters. The van der Waals surface area contributed by atoms with E-state index in [4.69, 9.17) is 55.2 Å². The van der Waals surface area contributed by atoms with Crippen molar-refractivity contribution in [2.45, 2.75) is 0 Å². The predicted molar refractivity (Wildman–Crippen MR) is 132 cm³/mol. The number of carbonyl (C=O) groups is 1. The summed E-state index contributed by atoms with van der Waals surface area (Å²) in [5.41, 5.74) is 2.81. The number of benzene rings is 3. The Hall–Kier alpha value is -2.96. The molecule has 2 heterocycles. The van der Waals surface area contributed by atoms with Crippen molar-refractivity contribution in [2.75, 3.05) is 5.32 Å². The number of amides is 1. The van der Waals surface area contributed by atoms with Gasteiger partial charge in [-0.25, -0.2) is 4.98 Å². The van der Waals surface area contributed by atoms with Crippen LogP contribution in [0.25, 0.3) is 33.9 Å². The monoisotopic (exact) mass is 516 g/mol. The molecule has 0 saturated carbocycles.